The fraction of sp³-hybridized carbons (Fsp3) is 0.727. The molecule has 0 spiro atoms. The Hall–Kier alpha value is -0.950. The summed E-state index contributed by atoms with van der Waals surface area (Å²) >= 11 is 0. The molecule has 0 aromatic carbocycles. The number of methoxy groups -OCH3 is 1. The van der Waals surface area contributed by atoms with Gasteiger partial charge in [-0.2, -0.15) is 0 Å². The number of hydrogen-bond acceptors (Lipinski definition) is 5. The second-order valence-corrected chi connectivity index (χ2v) is 4.38. The monoisotopic (exact) mass is 240 g/mol. The fourth-order valence-electron chi connectivity index (χ4n) is 2.44. The van der Waals surface area contributed by atoms with E-state index in [4.69, 9.17) is 15.3 Å². The van der Waals surface area contributed by atoms with Crippen LogP contribution in [0.1, 0.15) is 24.7 Å². The molecule has 6 nitrogen and oxygen atoms in total. The highest BCUT2D eigenvalue weighted by atomic mass is 16.5. The van der Waals surface area contributed by atoms with Crippen LogP contribution in [-0.2, 0) is 16.5 Å². The van der Waals surface area contributed by atoms with E-state index in [9.17, 15) is 0 Å². The predicted octanol–water partition coefficient (Wildman–Crippen LogP) is 0.120. The maximum Gasteiger partial charge on any atom is 0.129 e. The molecule has 6 heteroatoms. The fourth-order valence-corrected chi connectivity index (χ4v) is 2.44. The summed E-state index contributed by atoms with van der Waals surface area (Å²) in [5.74, 6) is 6.59. The van der Waals surface area contributed by atoms with Gasteiger partial charge in [0, 0.05) is 52.6 Å². The highest BCUT2D eigenvalue weighted by Crippen LogP contribution is 2.36. The molecule has 1 aliphatic rings. The van der Waals surface area contributed by atoms with E-state index in [1.54, 1.807) is 13.3 Å². The van der Waals surface area contributed by atoms with Crippen molar-refractivity contribution < 1.29 is 9.47 Å². The van der Waals surface area contributed by atoms with Gasteiger partial charge in [-0.25, -0.2) is 10.4 Å². The van der Waals surface area contributed by atoms with E-state index < -0.39 is 0 Å². The first-order chi connectivity index (χ1) is 8.23. The first-order valence-corrected chi connectivity index (χ1v) is 5.80. The first-order valence-electron chi connectivity index (χ1n) is 5.80. The molecule has 17 heavy (non-hydrogen) atoms. The number of ether oxygens (including phenoxy) is 2. The van der Waals surface area contributed by atoms with Crippen molar-refractivity contribution in [1.29, 1.82) is 0 Å². The highest BCUT2D eigenvalue weighted by Gasteiger charge is 2.42. The Kier molecular flexibility index (Phi) is 3.78. The summed E-state index contributed by atoms with van der Waals surface area (Å²) in [6.45, 7) is 1.38. The lowest BCUT2D eigenvalue weighted by Crippen LogP contribution is -2.52. The quantitative estimate of drug-likeness (QED) is 0.577. The Balaban J connectivity index is 2.29. The second kappa shape index (κ2) is 5.14. The van der Waals surface area contributed by atoms with E-state index in [1.807, 2.05) is 17.8 Å². The van der Waals surface area contributed by atoms with Gasteiger partial charge < -0.3 is 14.0 Å². The lowest BCUT2D eigenvalue weighted by Gasteiger charge is -2.41. The number of hydrogen-bond donors (Lipinski definition) is 2. The second-order valence-electron chi connectivity index (χ2n) is 4.38. The van der Waals surface area contributed by atoms with Gasteiger partial charge in [0.15, 0.2) is 0 Å². The van der Waals surface area contributed by atoms with E-state index in [0.717, 1.165) is 18.7 Å². The molecule has 96 valence electrons. The van der Waals surface area contributed by atoms with Crippen LogP contribution in [0.5, 0.6) is 0 Å². The molecule has 0 bridgehead atoms. The van der Waals surface area contributed by atoms with Gasteiger partial charge >= 0.3 is 0 Å². The van der Waals surface area contributed by atoms with E-state index >= 15 is 0 Å². The Morgan fingerprint density at radius 2 is 2.29 bits per heavy atom. The maximum absolute atomic E-state index is 5.73. The Morgan fingerprint density at radius 1 is 1.59 bits per heavy atom. The largest absolute Gasteiger partial charge is 0.381 e. The minimum absolute atomic E-state index is 0.128. The van der Waals surface area contributed by atoms with Crippen molar-refractivity contribution in [1.82, 2.24) is 15.0 Å². The zero-order chi connectivity index (χ0) is 12.3. The van der Waals surface area contributed by atoms with Crippen LogP contribution >= 0.6 is 0 Å². The number of nitrogens with zero attached hydrogens (tertiary/aromatic N) is 2. The number of nitrogens with one attached hydrogen (secondary N) is 1. The Labute approximate surface area is 101 Å². The van der Waals surface area contributed by atoms with E-state index in [1.165, 1.54) is 0 Å². The minimum Gasteiger partial charge on any atom is -0.381 e. The van der Waals surface area contributed by atoms with Gasteiger partial charge in [0.1, 0.15) is 11.9 Å². The van der Waals surface area contributed by atoms with Crippen LogP contribution in [-0.4, -0.2) is 35.5 Å². The van der Waals surface area contributed by atoms with Crippen LogP contribution in [0.15, 0.2) is 12.4 Å². The lowest BCUT2D eigenvalue weighted by atomic mass is 9.85. The number of nitrogens with two attached hydrogens (primary N) is 1. The van der Waals surface area contributed by atoms with Crippen LogP contribution in [0, 0.1) is 0 Å². The van der Waals surface area contributed by atoms with Gasteiger partial charge in [-0.05, 0) is 0 Å². The molecule has 2 heterocycles. The summed E-state index contributed by atoms with van der Waals surface area (Å²) < 4.78 is 13.1. The summed E-state index contributed by atoms with van der Waals surface area (Å²) in [7, 11) is 3.67. The number of hydrazine groups is 1. The van der Waals surface area contributed by atoms with Crippen LogP contribution < -0.4 is 11.3 Å². The van der Waals surface area contributed by atoms with E-state index in [-0.39, 0.29) is 11.6 Å². The molecule has 0 amide bonds. The summed E-state index contributed by atoms with van der Waals surface area (Å²) in [6.07, 6.45) is 5.29. The number of rotatable bonds is 4. The van der Waals surface area contributed by atoms with Crippen LogP contribution in [0.4, 0.5) is 0 Å². The van der Waals surface area contributed by atoms with Gasteiger partial charge in [0.25, 0.3) is 0 Å². The average Bonchev–Trinajstić information content (AvgIpc) is 2.78. The van der Waals surface area contributed by atoms with Crippen molar-refractivity contribution >= 4 is 0 Å². The molecular weight excluding hydrogens is 220 g/mol. The van der Waals surface area contributed by atoms with Crippen molar-refractivity contribution in [2.45, 2.75) is 24.5 Å². The molecule has 3 N–H and O–H groups in total. The standard InChI is InChI=1S/C11H20N4O2/c1-15-6-5-13-10(15)9(14-12)11(16-2)3-7-17-8-4-11/h5-6,9,14H,3-4,7-8,12H2,1-2H3. The molecule has 1 aromatic rings. The third-order valence-electron chi connectivity index (χ3n) is 3.56. The summed E-state index contributed by atoms with van der Waals surface area (Å²) in [5, 5.41) is 0. The SMILES string of the molecule is COC1(C(NN)c2nccn2C)CCOCC1. The Bertz CT molecular complexity index is 360. The van der Waals surface area contributed by atoms with Crippen LogP contribution in [0.2, 0.25) is 0 Å². The van der Waals surface area contributed by atoms with Crippen molar-refractivity contribution in [3.63, 3.8) is 0 Å². The Morgan fingerprint density at radius 3 is 2.76 bits per heavy atom. The molecule has 2 rings (SSSR count). The summed E-state index contributed by atoms with van der Waals surface area (Å²) in [4.78, 5) is 4.35. The third-order valence-corrected chi connectivity index (χ3v) is 3.56. The number of aromatic nitrogens is 2. The van der Waals surface area contributed by atoms with Crippen molar-refractivity contribution in [3.8, 4) is 0 Å². The number of imidazole rings is 1. The van der Waals surface area contributed by atoms with E-state index in [2.05, 4.69) is 10.4 Å². The lowest BCUT2D eigenvalue weighted by molar-refractivity contribution is -0.113. The third kappa shape index (κ3) is 2.21. The molecule has 1 saturated heterocycles. The van der Waals surface area contributed by atoms with E-state index in [0.29, 0.717) is 13.2 Å². The molecular formula is C11H20N4O2. The van der Waals surface area contributed by atoms with Crippen LogP contribution in [0.3, 0.4) is 0 Å². The van der Waals surface area contributed by atoms with Gasteiger partial charge in [-0.3, -0.25) is 5.84 Å². The molecule has 1 aliphatic heterocycles. The molecule has 1 atom stereocenters. The number of aryl methyl sites for hydroxylation is 1. The topological polar surface area (TPSA) is 74.3 Å². The summed E-state index contributed by atoms with van der Waals surface area (Å²) in [5.41, 5.74) is 2.50. The molecule has 1 aromatic heterocycles. The summed E-state index contributed by atoms with van der Waals surface area (Å²) in [6, 6.07) is -0.128. The van der Waals surface area contributed by atoms with Crippen molar-refractivity contribution in [2.75, 3.05) is 20.3 Å². The molecule has 0 saturated carbocycles. The van der Waals surface area contributed by atoms with Gasteiger partial charge in [0.05, 0.1) is 5.60 Å². The van der Waals surface area contributed by atoms with Crippen molar-refractivity contribution in [2.24, 2.45) is 12.9 Å². The van der Waals surface area contributed by atoms with Gasteiger partial charge in [0.2, 0.25) is 0 Å². The molecule has 1 fully saturated rings. The van der Waals surface area contributed by atoms with Crippen molar-refractivity contribution in [3.05, 3.63) is 18.2 Å². The predicted molar refractivity (Wildman–Crippen MR) is 63.1 cm³/mol. The van der Waals surface area contributed by atoms with Crippen LogP contribution in [0.25, 0.3) is 0 Å². The van der Waals surface area contributed by atoms with Gasteiger partial charge in [-0.15, -0.1) is 0 Å². The zero-order valence-electron chi connectivity index (χ0n) is 10.3. The first kappa shape index (κ1) is 12.5. The molecule has 0 radical (unpaired) electrons. The molecule has 1 unspecified atom stereocenters. The average molecular weight is 240 g/mol. The maximum atomic E-state index is 5.73. The minimum atomic E-state index is -0.341. The van der Waals surface area contributed by atoms with Gasteiger partial charge in [-0.1, -0.05) is 0 Å². The smallest absolute Gasteiger partial charge is 0.129 e. The molecule has 0 aliphatic carbocycles. The normalized spacial score (nSPS) is 21.4. The zero-order valence-corrected chi connectivity index (χ0v) is 10.3. The highest BCUT2D eigenvalue weighted by molar-refractivity contribution is 5.08.